The van der Waals surface area contributed by atoms with E-state index in [1.807, 2.05) is 6.92 Å². The molecule has 1 N–H and O–H groups in total. The van der Waals surface area contributed by atoms with Crippen LogP contribution < -0.4 is 0 Å². The summed E-state index contributed by atoms with van der Waals surface area (Å²) in [6, 6.07) is 0. The number of carboxylic acids is 1. The SMILES string of the molecule is CCCCCCCCCCCCCCC[C@H](C)C(=O)O. The van der Waals surface area contributed by atoms with Gasteiger partial charge in [0.2, 0.25) is 0 Å². The summed E-state index contributed by atoms with van der Waals surface area (Å²) in [5.41, 5.74) is 0. The van der Waals surface area contributed by atoms with Crippen LogP contribution in [0.15, 0.2) is 0 Å². The highest BCUT2D eigenvalue weighted by Gasteiger charge is 2.09. The minimum absolute atomic E-state index is 0.164. The van der Waals surface area contributed by atoms with Crippen LogP contribution in [0.2, 0.25) is 0 Å². The van der Waals surface area contributed by atoms with Gasteiger partial charge in [-0.3, -0.25) is 4.79 Å². The van der Waals surface area contributed by atoms with E-state index in [0.29, 0.717) is 0 Å². The van der Waals surface area contributed by atoms with Crippen molar-refractivity contribution in [2.24, 2.45) is 5.92 Å². The third-order valence-corrected chi connectivity index (χ3v) is 4.16. The van der Waals surface area contributed by atoms with E-state index in [1.54, 1.807) is 0 Å². The van der Waals surface area contributed by atoms with E-state index in [1.165, 1.54) is 77.0 Å². The molecule has 0 aromatic rings. The Bertz CT molecular complexity index is 213. The standard InChI is InChI=1S/C18H36O2/c1-3-4-5-6-7-8-9-10-11-12-13-14-15-16-17(2)18(19)20/h17H,3-16H2,1-2H3,(H,19,20)/t17-/m0/s1. The van der Waals surface area contributed by atoms with Crippen LogP contribution in [0.3, 0.4) is 0 Å². The molecule has 0 amide bonds. The molecule has 20 heavy (non-hydrogen) atoms. The topological polar surface area (TPSA) is 37.3 Å². The van der Waals surface area contributed by atoms with Crippen LogP contribution in [0.5, 0.6) is 0 Å². The Hall–Kier alpha value is -0.530. The molecule has 0 fully saturated rings. The molecular formula is C18H36O2. The molecule has 0 saturated carbocycles. The first-order valence-electron chi connectivity index (χ1n) is 8.91. The average molecular weight is 284 g/mol. The third-order valence-electron chi connectivity index (χ3n) is 4.16. The maximum atomic E-state index is 10.6. The average Bonchev–Trinajstić information content (AvgIpc) is 2.43. The Morgan fingerprint density at radius 1 is 0.750 bits per heavy atom. The highest BCUT2D eigenvalue weighted by Crippen LogP contribution is 2.14. The normalized spacial score (nSPS) is 12.5. The van der Waals surface area contributed by atoms with E-state index < -0.39 is 5.97 Å². The molecule has 0 aliphatic carbocycles. The van der Waals surface area contributed by atoms with Gasteiger partial charge in [0.15, 0.2) is 0 Å². The zero-order chi connectivity index (χ0) is 15.1. The Kier molecular flexibility index (Phi) is 14.5. The van der Waals surface area contributed by atoms with E-state index in [-0.39, 0.29) is 5.92 Å². The fourth-order valence-electron chi connectivity index (χ4n) is 2.59. The van der Waals surface area contributed by atoms with E-state index in [2.05, 4.69) is 6.92 Å². The van der Waals surface area contributed by atoms with Gasteiger partial charge >= 0.3 is 5.97 Å². The molecule has 0 rings (SSSR count). The molecule has 0 aliphatic rings. The van der Waals surface area contributed by atoms with Gasteiger partial charge < -0.3 is 5.11 Å². The van der Waals surface area contributed by atoms with Crippen LogP contribution in [0.1, 0.15) is 104 Å². The minimum atomic E-state index is -0.649. The second kappa shape index (κ2) is 14.9. The van der Waals surface area contributed by atoms with Crippen LogP contribution in [0, 0.1) is 5.92 Å². The summed E-state index contributed by atoms with van der Waals surface area (Å²) in [4.78, 5) is 10.6. The lowest BCUT2D eigenvalue weighted by Gasteiger charge is -2.05. The summed E-state index contributed by atoms with van der Waals surface area (Å²) in [6.07, 6.45) is 18.3. The molecule has 0 radical (unpaired) electrons. The summed E-state index contributed by atoms with van der Waals surface area (Å²) in [5, 5.41) is 8.77. The number of hydrogen-bond acceptors (Lipinski definition) is 1. The van der Waals surface area contributed by atoms with E-state index in [9.17, 15) is 4.79 Å². The maximum Gasteiger partial charge on any atom is 0.306 e. The number of hydrogen-bond donors (Lipinski definition) is 1. The second-order valence-corrected chi connectivity index (χ2v) is 6.27. The van der Waals surface area contributed by atoms with Crippen LogP contribution in [0.25, 0.3) is 0 Å². The van der Waals surface area contributed by atoms with Crippen LogP contribution in [-0.4, -0.2) is 11.1 Å². The lowest BCUT2D eigenvalue weighted by Crippen LogP contribution is -2.08. The summed E-state index contributed by atoms with van der Waals surface area (Å²) in [5.74, 6) is -0.813. The Balaban J connectivity index is 3.04. The van der Waals surface area contributed by atoms with Gasteiger partial charge in [-0.15, -0.1) is 0 Å². The summed E-state index contributed by atoms with van der Waals surface area (Å²) in [7, 11) is 0. The first-order valence-corrected chi connectivity index (χ1v) is 8.91. The molecule has 0 aromatic heterocycles. The highest BCUT2D eigenvalue weighted by molar-refractivity contribution is 5.69. The summed E-state index contributed by atoms with van der Waals surface area (Å²) in [6.45, 7) is 4.07. The Morgan fingerprint density at radius 2 is 1.10 bits per heavy atom. The molecule has 0 aromatic carbocycles. The van der Waals surface area contributed by atoms with Crippen LogP contribution in [-0.2, 0) is 4.79 Å². The Labute approximate surface area is 126 Å². The Morgan fingerprint density at radius 3 is 1.45 bits per heavy atom. The van der Waals surface area contributed by atoms with E-state index in [0.717, 1.165) is 12.8 Å². The molecule has 0 aliphatic heterocycles. The van der Waals surface area contributed by atoms with Crippen molar-refractivity contribution in [3.05, 3.63) is 0 Å². The molecule has 2 heteroatoms. The fourth-order valence-corrected chi connectivity index (χ4v) is 2.59. The fraction of sp³-hybridized carbons (Fsp3) is 0.944. The van der Waals surface area contributed by atoms with Crippen molar-refractivity contribution in [1.82, 2.24) is 0 Å². The molecule has 0 bridgehead atoms. The maximum absolute atomic E-state index is 10.6. The van der Waals surface area contributed by atoms with Crippen molar-refractivity contribution in [1.29, 1.82) is 0 Å². The van der Waals surface area contributed by atoms with Gasteiger partial charge in [0, 0.05) is 0 Å². The van der Waals surface area contributed by atoms with Gasteiger partial charge in [-0.1, -0.05) is 97.3 Å². The van der Waals surface area contributed by atoms with E-state index >= 15 is 0 Å². The number of carbonyl (C=O) groups is 1. The smallest absolute Gasteiger partial charge is 0.306 e. The van der Waals surface area contributed by atoms with Gasteiger partial charge in [-0.2, -0.15) is 0 Å². The molecule has 0 spiro atoms. The predicted molar refractivity (Wildman–Crippen MR) is 87.1 cm³/mol. The molecule has 0 saturated heterocycles. The van der Waals surface area contributed by atoms with Gasteiger partial charge in [-0.05, 0) is 6.42 Å². The van der Waals surface area contributed by atoms with Crippen molar-refractivity contribution in [3.63, 3.8) is 0 Å². The second-order valence-electron chi connectivity index (χ2n) is 6.27. The third kappa shape index (κ3) is 13.9. The van der Waals surface area contributed by atoms with Crippen LogP contribution >= 0.6 is 0 Å². The monoisotopic (exact) mass is 284 g/mol. The van der Waals surface area contributed by atoms with E-state index in [4.69, 9.17) is 5.11 Å². The molecule has 0 heterocycles. The quantitative estimate of drug-likeness (QED) is 0.364. The summed E-state index contributed by atoms with van der Waals surface area (Å²) < 4.78 is 0. The lowest BCUT2D eigenvalue weighted by atomic mass is 10.0. The number of aliphatic carboxylic acids is 1. The first kappa shape index (κ1) is 19.5. The molecule has 120 valence electrons. The predicted octanol–water partition coefficient (Wildman–Crippen LogP) is 6.19. The zero-order valence-corrected chi connectivity index (χ0v) is 13.8. The van der Waals surface area contributed by atoms with Gasteiger partial charge in [0.1, 0.15) is 0 Å². The lowest BCUT2D eigenvalue weighted by molar-refractivity contribution is -0.141. The molecule has 1 atom stereocenters. The van der Waals surface area contributed by atoms with Crippen molar-refractivity contribution >= 4 is 5.97 Å². The van der Waals surface area contributed by atoms with Gasteiger partial charge in [0.05, 0.1) is 5.92 Å². The van der Waals surface area contributed by atoms with Gasteiger partial charge in [-0.25, -0.2) is 0 Å². The summed E-state index contributed by atoms with van der Waals surface area (Å²) >= 11 is 0. The van der Waals surface area contributed by atoms with Crippen molar-refractivity contribution in [2.75, 3.05) is 0 Å². The minimum Gasteiger partial charge on any atom is -0.481 e. The highest BCUT2D eigenvalue weighted by atomic mass is 16.4. The first-order chi connectivity index (χ1) is 9.68. The molecule has 2 nitrogen and oxygen atoms in total. The molecular weight excluding hydrogens is 248 g/mol. The molecule has 0 unspecified atom stereocenters. The largest absolute Gasteiger partial charge is 0.481 e. The van der Waals surface area contributed by atoms with Crippen LogP contribution in [0.4, 0.5) is 0 Å². The van der Waals surface area contributed by atoms with Crippen molar-refractivity contribution in [3.8, 4) is 0 Å². The number of carboxylic acid groups (broad SMARTS) is 1. The van der Waals surface area contributed by atoms with Gasteiger partial charge in [0.25, 0.3) is 0 Å². The number of unbranched alkanes of at least 4 members (excludes halogenated alkanes) is 12. The van der Waals surface area contributed by atoms with Crippen molar-refractivity contribution < 1.29 is 9.90 Å². The number of rotatable bonds is 15. The van der Waals surface area contributed by atoms with Crippen molar-refractivity contribution in [2.45, 2.75) is 104 Å². The zero-order valence-electron chi connectivity index (χ0n) is 13.8.